The molecule has 1 aromatic carbocycles. The third-order valence-electron chi connectivity index (χ3n) is 2.68. The minimum atomic E-state index is -0.316. The van der Waals surface area contributed by atoms with Crippen molar-refractivity contribution in [3.63, 3.8) is 0 Å². The second-order valence-corrected chi connectivity index (χ2v) is 5.02. The SMILES string of the molecule is CCOC(=O)C(Br)Cc1cccc2ncccc12. The van der Waals surface area contributed by atoms with Crippen molar-refractivity contribution in [1.29, 1.82) is 0 Å². The van der Waals surface area contributed by atoms with Gasteiger partial charge in [-0.25, -0.2) is 0 Å². The summed E-state index contributed by atoms with van der Waals surface area (Å²) >= 11 is 3.37. The molecule has 2 rings (SSSR count). The highest BCUT2D eigenvalue weighted by Crippen LogP contribution is 2.20. The number of aromatic nitrogens is 1. The number of hydrogen-bond acceptors (Lipinski definition) is 3. The molecule has 0 N–H and O–H groups in total. The highest BCUT2D eigenvalue weighted by Gasteiger charge is 2.17. The van der Waals surface area contributed by atoms with Gasteiger partial charge in [0, 0.05) is 11.6 Å². The van der Waals surface area contributed by atoms with Gasteiger partial charge in [-0.3, -0.25) is 9.78 Å². The molecule has 1 aromatic heterocycles. The number of fused-ring (bicyclic) bond motifs is 1. The molecule has 1 unspecified atom stereocenters. The summed E-state index contributed by atoms with van der Waals surface area (Å²) in [5.41, 5.74) is 2.04. The first kappa shape index (κ1) is 13.0. The van der Waals surface area contributed by atoms with E-state index in [1.165, 1.54) is 0 Å². The van der Waals surface area contributed by atoms with E-state index in [0.717, 1.165) is 16.5 Å². The Morgan fingerprint density at radius 1 is 1.39 bits per heavy atom. The topological polar surface area (TPSA) is 39.2 Å². The predicted octanol–water partition coefficient (Wildman–Crippen LogP) is 3.10. The lowest BCUT2D eigenvalue weighted by molar-refractivity contribution is -0.142. The van der Waals surface area contributed by atoms with Crippen LogP contribution in [0.1, 0.15) is 12.5 Å². The quantitative estimate of drug-likeness (QED) is 0.643. The first-order valence-electron chi connectivity index (χ1n) is 5.85. The number of nitrogens with zero attached hydrogens (tertiary/aromatic N) is 1. The summed E-state index contributed by atoms with van der Waals surface area (Å²) in [5, 5.41) is 1.08. The van der Waals surface area contributed by atoms with Crippen molar-refractivity contribution in [3.8, 4) is 0 Å². The van der Waals surface area contributed by atoms with Crippen LogP contribution in [0.15, 0.2) is 36.5 Å². The molecule has 94 valence electrons. The normalized spacial score (nSPS) is 12.3. The Balaban J connectivity index is 2.24. The highest BCUT2D eigenvalue weighted by atomic mass is 79.9. The van der Waals surface area contributed by atoms with Gasteiger partial charge in [0.25, 0.3) is 0 Å². The molecule has 1 atom stereocenters. The van der Waals surface area contributed by atoms with Gasteiger partial charge in [-0.15, -0.1) is 0 Å². The maximum absolute atomic E-state index is 11.6. The van der Waals surface area contributed by atoms with E-state index in [-0.39, 0.29) is 10.8 Å². The van der Waals surface area contributed by atoms with Crippen LogP contribution in [0.3, 0.4) is 0 Å². The minimum Gasteiger partial charge on any atom is -0.465 e. The molecule has 4 heteroatoms. The first-order valence-corrected chi connectivity index (χ1v) is 6.77. The van der Waals surface area contributed by atoms with Crippen molar-refractivity contribution in [2.75, 3.05) is 6.61 Å². The minimum absolute atomic E-state index is 0.224. The number of pyridine rings is 1. The molecule has 1 heterocycles. The molecule has 0 spiro atoms. The molecule has 0 radical (unpaired) electrons. The maximum Gasteiger partial charge on any atom is 0.320 e. The Labute approximate surface area is 114 Å². The summed E-state index contributed by atoms with van der Waals surface area (Å²) in [6.45, 7) is 2.21. The Morgan fingerprint density at radius 3 is 3.00 bits per heavy atom. The van der Waals surface area contributed by atoms with Gasteiger partial charge in [0.2, 0.25) is 0 Å². The van der Waals surface area contributed by atoms with Gasteiger partial charge in [0.1, 0.15) is 4.83 Å². The number of esters is 1. The first-order chi connectivity index (χ1) is 8.72. The monoisotopic (exact) mass is 307 g/mol. The van der Waals surface area contributed by atoms with E-state index in [9.17, 15) is 4.79 Å². The number of halogens is 1. The van der Waals surface area contributed by atoms with Crippen LogP contribution in [0.2, 0.25) is 0 Å². The number of benzene rings is 1. The second-order valence-electron chi connectivity index (χ2n) is 3.91. The molecule has 2 aromatic rings. The van der Waals surface area contributed by atoms with E-state index >= 15 is 0 Å². The van der Waals surface area contributed by atoms with Crippen LogP contribution in [0.25, 0.3) is 10.9 Å². The van der Waals surface area contributed by atoms with Gasteiger partial charge in [0.05, 0.1) is 12.1 Å². The predicted molar refractivity (Wildman–Crippen MR) is 74.8 cm³/mol. The molecule has 0 aliphatic carbocycles. The molecule has 0 aliphatic rings. The number of ether oxygens (including phenoxy) is 1. The summed E-state index contributed by atoms with van der Waals surface area (Å²) in [6.07, 6.45) is 2.37. The molecular formula is C14H14BrNO2. The standard InChI is InChI=1S/C14H14BrNO2/c1-2-18-14(17)12(15)9-10-5-3-7-13-11(10)6-4-8-16-13/h3-8,12H,2,9H2,1H3. The number of hydrogen-bond donors (Lipinski definition) is 0. The number of rotatable bonds is 4. The lowest BCUT2D eigenvalue weighted by Crippen LogP contribution is -2.19. The largest absolute Gasteiger partial charge is 0.465 e. The van der Waals surface area contributed by atoms with Crippen molar-refractivity contribution in [1.82, 2.24) is 4.98 Å². The van der Waals surface area contributed by atoms with Gasteiger partial charge < -0.3 is 4.74 Å². The number of carbonyl (C=O) groups excluding carboxylic acids is 1. The van der Waals surface area contributed by atoms with Crippen molar-refractivity contribution in [2.45, 2.75) is 18.2 Å². The van der Waals surface area contributed by atoms with Crippen molar-refractivity contribution >= 4 is 32.8 Å². The number of alkyl halides is 1. The number of carbonyl (C=O) groups is 1. The lowest BCUT2D eigenvalue weighted by Gasteiger charge is -2.10. The van der Waals surface area contributed by atoms with Crippen LogP contribution in [-0.4, -0.2) is 22.4 Å². The van der Waals surface area contributed by atoms with Crippen LogP contribution in [0.5, 0.6) is 0 Å². The van der Waals surface area contributed by atoms with Crippen molar-refractivity contribution in [2.24, 2.45) is 0 Å². The van der Waals surface area contributed by atoms with E-state index in [4.69, 9.17) is 4.74 Å². The van der Waals surface area contributed by atoms with Gasteiger partial charge in [-0.1, -0.05) is 34.1 Å². The van der Waals surface area contributed by atoms with Crippen LogP contribution >= 0.6 is 15.9 Å². The molecule has 0 saturated carbocycles. The molecular weight excluding hydrogens is 294 g/mol. The van der Waals surface area contributed by atoms with Gasteiger partial charge in [-0.2, -0.15) is 0 Å². The average molecular weight is 308 g/mol. The summed E-state index contributed by atoms with van der Waals surface area (Å²) in [6, 6.07) is 9.85. The maximum atomic E-state index is 11.6. The fourth-order valence-corrected chi connectivity index (χ4v) is 2.34. The Bertz CT molecular complexity index is 551. The van der Waals surface area contributed by atoms with E-state index in [1.807, 2.05) is 30.3 Å². The fraction of sp³-hybridized carbons (Fsp3) is 0.286. The van der Waals surface area contributed by atoms with Crippen LogP contribution in [-0.2, 0) is 16.0 Å². The van der Waals surface area contributed by atoms with Crippen molar-refractivity contribution < 1.29 is 9.53 Å². The molecule has 18 heavy (non-hydrogen) atoms. The summed E-state index contributed by atoms with van der Waals surface area (Å²) in [4.78, 5) is 15.6. The molecule has 0 saturated heterocycles. The second kappa shape index (κ2) is 5.96. The molecule has 0 bridgehead atoms. The Hall–Kier alpha value is -1.42. The van der Waals surface area contributed by atoms with Crippen LogP contribution in [0.4, 0.5) is 0 Å². The zero-order valence-electron chi connectivity index (χ0n) is 10.1. The fourth-order valence-electron chi connectivity index (χ4n) is 1.85. The van der Waals surface area contributed by atoms with Gasteiger partial charge in [-0.05, 0) is 31.0 Å². The lowest BCUT2D eigenvalue weighted by atomic mass is 10.0. The zero-order valence-corrected chi connectivity index (χ0v) is 11.7. The smallest absolute Gasteiger partial charge is 0.320 e. The van der Waals surface area contributed by atoms with Gasteiger partial charge >= 0.3 is 5.97 Å². The average Bonchev–Trinajstić information content (AvgIpc) is 2.39. The van der Waals surface area contributed by atoms with E-state index in [1.54, 1.807) is 13.1 Å². The summed E-state index contributed by atoms with van der Waals surface area (Å²) in [7, 11) is 0. The zero-order chi connectivity index (χ0) is 13.0. The van der Waals surface area contributed by atoms with Crippen LogP contribution < -0.4 is 0 Å². The summed E-state index contributed by atoms with van der Waals surface area (Å²) in [5.74, 6) is -0.224. The highest BCUT2D eigenvalue weighted by molar-refractivity contribution is 9.10. The van der Waals surface area contributed by atoms with Gasteiger partial charge in [0.15, 0.2) is 0 Å². The van der Waals surface area contributed by atoms with E-state index in [0.29, 0.717) is 13.0 Å². The molecule has 0 amide bonds. The molecule has 0 aliphatic heterocycles. The Kier molecular flexibility index (Phi) is 4.31. The third kappa shape index (κ3) is 2.88. The summed E-state index contributed by atoms with van der Waals surface area (Å²) < 4.78 is 4.99. The molecule has 0 fully saturated rings. The van der Waals surface area contributed by atoms with Crippen LogP contribution in [0, 0.1) is 0 Å². The molecule has 3 nitrogen and oxygen atoms in total. The van der Waals surface area contributed by atoms with E-state index in [2.05, 4.69) is 20.9 Å². The third-order valence-corrected chi connectivity index (χ3v) is 3.38. The van der Waals surface area contributed by atoms with E-state index < -0.39 is 0 Å². The Morgan fingerprint density at radius 2 is 2.22 bits per heavy atom. The van der Waals surface area contributed by atoms with Crippen molar-refractivity contribution in [3.05, 3.63) is 42.1 Å².